The van der Waals surface area contributed by atoms with Gasteiger partial charge in [-0.3, -0.25) is 0 Å². The van der Waals surface area contributed by atoms with Gasteiger partial charge in [-0.15, -0.1) is 0 Å². The molecule has 5 heteroatoms. The molecule has 0 bridgehead atoms. The lowest BCUT2D eigenvalue weighted by molar-refractivity contribution is 0.0190. The number of aliphatic hydroxyl groups excluding tert-OH is 1. The van der Waals surface area contributed by atoms with E-state index in [0.717, 1.165) is 25.7 Å². The van der Waals surface area contributed by atoms with Crippen LogP contribution in [0.3, 0.4) is 0 Å². The Morgan fingerprint density at radius 2 is 1.74 bits per heavy atom. The van der Waals surface area contributed by atoms with Gasteiger partial charge >= 0.3 is 11.9 Å². The number of hydrogen-bond donors (Lipinski definition) is 2. The molecular formula is C18H26O5. The molecule has 0 aliphatic heterocycles. The van der Waals surface area contributed by atoms with Crippen LogP contribution in [-0.4, -0.2) is 34.9 Å². The number of ether oxygens (including phenoxy) is 1. The maximum absolute atomic E-state index is 11.9. The molecule has 0 fully saturated rings. The number of benzene rings is 1. The molecular weight excluding hydrogens is 296 g/mol. The second-order valence-corrected chi connectivity index (χ2v) is 5.79. The number of unbranched alkanes of at least 4 members (excludes halogenated alkanes) is 1. The van der Waals surface area contributed by atoms with Crippen LogP contribution in [0.5, 0.6) is 0 Å². The molecule has 0 aliphatic carbocycles. The van der Waals surface area contributed by atoms with Gasteiger partial charge < -0.3 is 14.9 Å². The van der Waals surface area contributed by atoms with E-state index in [1.165, 1.54) is 24.3 Å². The van der Waals surface area contributed by atoms with Crippen molar-refractivity contribution in [2.75, 3.05) is 6.61 Å². The molecule has 0 heterocycles. The second kappa shape index (κ2) is 10.0. The summed E-state index contributed by atoms with van der Waals surface area (Å²) in [4.78, 5) is 22.6. The molecule has 23 heavy (non-hydrogen) atoms. The van der Waals surface area contributed by atoms with Crippen molar-refractivity contribution in [2.24, 2.45) is 5.92 Å². The molecule has 2 N–H and O–H groups in total. The third kappa shape index (κ3) is 6.82. The van der Waals surface area contributed by atoms with Gasteiger partial charge in [-0.05, 0) is 36.6 Å². The molecule has 1 aromatic rings. The monoisotopic (exact) mass is 322 g/mol. The highest BCUT2D eigenvalue weighted by Gasteiger charge is 2.16. The highest BCUT2D eigenvalue weighted by Crippen LogP contribution is 2.19. The van der Waals surface area contributed by atoms with Crippen molar-refractivity contribution in [3.63, 3.8) is 0 Å². The first kappa shape index (κ1) is 19.2. The first-order valence-corrected chi connectivity index (χ1v) is 8.16. The fourth-order valence-corrected chi connectivity index (χ4v) is 2.44. The zero-order valence-corrected chi connectivity index (χ0v) is 13.8. The van der Waals surface area contributed by atoms with Gasteiger partial charge in [0.05, 0.1) is 17.2 Å². The van der Waals surface area contributed by atoms with Crippen molar-refractivity contribution in [1.82, 2.24) is 0 Å². The average Bonchev–Trinajstić information content (AvgIpc) is 2.56. The molecule has 0 aliphatic rings. The Labute approximate surface area is 137 Å². The number of aromatic carboxylic acids is 1. The Bertz CT molecular complexity index is 495. The quantitative estimate of drug-likeness (QED) is 0.644. The fraction of sp³-hybridized carbons (Fsp3) is 0.556. The predicted molar refractivity (Wildman–Crippen MR) is 87.6 cm³/mol. The van der Waals surface area contributed by atoms with Crippen LogP contribution in [0, 0.1) is 5.92 Å². The summed E-state index contributed by atoms with van der Waals surface area (Å²) >= 11 is 0. The van der Waals surface area contributed by atoms with Gasteiger partial charge in [0.2, 0.25) is 0 Å². The Kier molecular flexibility index (Phi) is 8.33. The van der Waals surface area contributed by atoms with E-state index >= 15 is 0 Å². The summed E-state index contributed by atoms with van der Waals surface area (Å²) in [6, 6.07) is 5.53. The summed E-state index contributed by atoms with van der Waals surface area (Å²) in [6.07, 6.45) is 4.31. The summed E-state index contributed by atoms with van der Waals surface area (Å²) in [5.74, 6) is -1.15. The molecule has 0 aromatic heterocycles. The van der Waals surface area contributed by atoms with Crippen molar-refractivity contribution in [1.29, 1.82) is 0 Å². The Hall–Kier alpha value is -1.88. The number of carboxylic acids is 1. The molecule has 0 spiro atoms. The van der Waals surface area contributed by atoms with Crippen molar-refractivity contribution < 1.29 is 24.5 Å². The summed E-state index contributed by atoms with van der Waals surface area (Å²) < 4.78 is 5.10. The number of esters is 1. The summed E-state index contributed by atoms with van der Waals surface area (Å²) in [7, 11) is 0. The highest BCUT2D eigenvalue weighted by atomic mass is 16.5. The maximum atomic E-state index is 11.9. The summed E-state index contributed by atoms with van der Waals surface area (Å²) in [5, 5.41) is 18.8. The molecule has 2 atom stereocenters. The average molecular weight is 322 g/mol. The number of carbonyl (C=O) groups is 2. The Balaban J connectivity index is 2.43. The van der Waals surface area contributed by atoms with Crippen LogP contribution in [0.1, 0.15) is 66.7 Å². The molecule has 1 rings (SSSR count). The number of carbonyl (C=O) groups excluding carboxylic acids is 1. The van der Waals surface area contributed by atoms with Crippen molar-refractivity contribution in [3.8, 4) is 0 Å². The van der Waals surface area contributed by atoms with Crippen LogP contribution >= 0.6 is 0 Å². The van der Waals surface area contributed by atoms with E-state index in [2.05, 4.69) is 13.8 Å². The van der Waals surface area contributed by atoms with Crippen LogP contribution < -0.4 is 0 Å². The molecule has 5 nitrogen and oxygen atoms in total. The number of hydrogen-bond acceptors (Lipinski definition) is 4. The lowest BCUT2D eigenvalue weighted by Crippen LogP contribution is -2.22. The van der Waals surface area contributed by atoms with Gasteiger partial charge in [-0.25, -0.2) is 9.59 Å². The fourth-order valence-electron chi connectivity index (χ4n) is 2.44. The summed E-state index contributed by atoms with van der Waals surface area (Å²) in [5.41, 5.74) is 0.392. The van der Waals surface area contributed by atoms with Crippen LogP contribution in [0.4, 0.5) is 0 Å². The zero-order valence-electron chi connectivity index (χ0n) is 13.8. The minimum atomic E-state index is -1.04. The first-order chi connectivity index (χ1) is 11.0. The lowest BCUT2D eigenvalue weighted by Gasteiger charge is -2.18. The van der Waals surface area contributed by atoms with Crippen LogP contribution in [0.2, 0.25) is 0 Å². The third-order valence-corrected chi connectivity index (χ3v) is 3.92. The van der Waals surface area contributed by atoms with Gasteiger partial charge in [0.15, 0.2) is 0 Å². The first-order valence-electron chi connectivity index (χ1n) is 8.16. The topological polar surface area (TPSA) is 83.8 Å². The Morgan fingerprint density at radius 3 is 2.26 bits per heavy atom. The van der Waals surface area contributed by atoms with Gasteiger partial charge in [0, 0.05) is 0 Å². The van der Waals surface area contributed by atoms with E-state index in [4.69, 9.17) is 9.84 Å². The molecule has 128 valence electrons. The van der Waals surface area contributed by atoms with E-state index in [1.807, 2.05) is 0 Å². The van der Waals surface area contributed by atoms with Crippen LogP contribution in [0.15, 0.2) is 24.3 Å². The molecule has 0 radical (unpaired) electrons. The standard InChI is InChI=1S/C18H26O5/c1-3-5-6-13(4-2)11-16(19)12-23-18(22)15-9-7-14(8-10-15)17(20)21/h7-10,13,16,19H,3-6,11-12H2,1-2H3,(H,20,21). The smallest absolute Gasteiger partial charge is 0.338 e. The van der Waals surface area contributed by atoms with Gasteiger partial charge in [-0.1, -0.05) is 39.5 Å². The normalized spacial score (nSPS) is 13.3. The SMILES string of the molecule is CCCCC(CC)CC(O)COC(=O)c1ccc(C(=O)O)cc1. The highest BCUT2D eigenvalue weighted by molar-refractivity contribution is 5.92. The zero-order chi connectivity index (χ0) is 17.2. The largest absolute Gasteiger partial charge is 0.478 e. The molecule has 0 saturated carbocycles. The summed E-state index contributed by atoms with van der Waals surface area (Å²) in [6.45, 7) is 4.20. The molecule has 2 unspecified atom stereocenters. The van der Waals surface area contributed by atoms with E-state index in [9.17, 15) is 14.7 Å². The van der Waals surface area contributed by atoms with Gasteiger partial charge in [0.25, 0.3) is 0 Å². The number of aliphatic hydroxyl groups is 1. The van der Waals surface area contributed by atoms with E-state index < -0.39 is 18.0 Å². The third-order valence-electron chi connectivity index (χ3n) is 3.92. The van der Waals surface area contributed by atoms with Gasteiger partial charge in [0.1, 0.15) is 6.61 Å². The minimum absolute atomic E-state index is 0.0395. The Morgan fingerprint density at radius 1 is 1.13 bits per heavy atom. The van der Waals surface area contributed by atoms with Crippen LogP contribution in [-0.2, 0) is 4.74 Å². The second-order valence-electron chi connectivity index (χ2n) is 5.79. The van der Waals surface area contributed by atoms with Crippen molar-refractivity contribution >= 4 is 11.9 Å². The van der Waals surface area contributed by atoms with E-state index in [-0.39, 0.29) is 17.7 Å². The van der Waals surface area contributed by atoms with Crippen LogP contribution in [0.25, 0.3) is 0 Å². The predicted octanol–water partition coefficient (Wildman–Crippen LogP) is 3.51. The molecule has 0 amide bonds. The van der Waals surface area contributed by atoms with Crippen molar-refractivity contribution in [2.45, 2.75) is 52.1 Å². The lowest BCUT2D eigenvalue weighted by atomic mass is 9.93. The van der Waals surface area contributed by atoms with E-state index in [1.54, 1.807) is 0 Å². The number of rotatable bonds is 10. The molecule has 1 aromatic carbocycles. The molecule has 0 saturated heterocycles. The maximum Gasteiger partial charge on any atom is 0.338 e. The van der Waals surface area contributed by atoms with Gasteiger partial charge in [-0.2, -0.15) is 0 Å². The minimum Gasteiger partial charge on any atom is -0.478 e. The number of carboxylic acid groups (broad SMARTS) is 1. The van der Waals surface area contributed by atoms with Crippen molar-refractivity contribution in [3.05, 3.63) is 35.4 Å². The van der Waals surface area contributed by atoms with E-state index in [0.29, 0.717) is 12.3 Å².